The van der Waals surface area contributed by atoms with Gasteiger partial charge in [0.15, 0.2) is 0 Å². The zero-order chi connectivity index (χ0) is 30.3. The Morgan fingerprint density at radius 3 is 1.98 bits per heavy atom. The molecule has 1 heterocycles. The lowest BCUT2D eigenvalue weighted by atomic mass is 9.87. The minimum absolute atomic E-state index is 0.198. The number of carbonyl (C=O) groups is 2. The van der Waals surface area contributed by atoms with Gasteiger partial charge in [-0.2, -0.15) is 0 Å². The van der Waals surface area contributed by atoms with Crippen molar-refractivity contribution in [2.24, 2.45) is 16.1 Å². The van der Waals surface area contributed by atoms with Gasteiger partial charge in [0.1, 0.15) is 12.6 Å². The molecule has 0 fully saturated rings. The summed E-state index contributed by atoms with van der Waals surface area (Å²) >= 11 is 0. The third-order valence-electron chi connectivity index (χ3n) is 7.13. The smallest absolute Gasteiger partial charge is 0.305 e. The van der Waals surface area contributed by atoms with Crippen LogP contribution in [0.3, 0.4) is 0 Å². The molecule has 1 aromatic heterocycles. The van der Waals surface area contributed by atoms with Crippen LogP contribution in [0.2, 0.25) is 0 Å². The summed E-state index contributed by atoms with van der Waals surface area (Å²) < 4.78 is 8.01. The number of rotatable bonds is 11. The first-order valence-electron chi connectivity index (χ1n) is 13.8. The Morgan fingerprint density at radius 1 is 0.881 bits per heavy atom. The molecule has 2 atom stereocenters. The third-order valence-corrected chi connectivity index (χ3v) is 7.13. The summed E-state index contributed by atoms with van der Waals surface area (Å²) in [4.78, 5) is 28.2. The fraction of sp³-hybridized carbons (Fsp3) is 0.265. The molecule has 4 aromatic rings. The molecule has 0 spiro atoms. The van der Waals surface area contributed by atoms with Crippen molar-refractivity contribution in [3.8, 4) is 22.3 Å². The number of benzene rings is 3. The highest BCUT2D eigenvalue weighted by molar-refractivity contribution is 5.93. The summed E-state index contributed by atoms with van der Waals surface area (Å²) in [6.45, 7) is 5.94. The molecule has 0 aliphatic rings. The van der Waals surface area contributed by atoms with E-state index in [2.05, 4.69) is 0 Å². The lowest BCUT2D eigenvalue weighted by Crippen LogP contribution is -2.32. The summed E-state index contributed by atoms with van der Waals surface area (Å²) in [5.74, 6) is -1.20. The molecule has 8 nitrogen and oxygen atoms in total. The van der Waals surface area contributed by atoms with Crippen molar-refractivity contribution in [1.82, 2.24) is 4.57 Å². The highest BCUT2D eigenvalue weighted by atomic mass is 16.5. The predicted molar refractivity (Wildman–Crippen MR) is 164 cm³/mol. The summed E-state index contributed by atoms with van der Waals surface area (Å²) in [5, 5.41) is 20.0. The van der Waals surface area contributed by atoms with E-state index in [1.165, 1.54) is 0 Å². The maximum Gasteiger partial charge on any atom is 0.305 e. The average Bonchev–Trinajstić information content (AvgIpc) is 3.46. The van der Waals surface area contributed by atoms with E-state index in [4.69, 9.17) is 15.5 Å². The molecule has 4 rings (SSSR count). The van der Waals surface area contributed by atoms with E-state index in [0.717, 1.165) is 27.8 Å². The molecular weight excluding hydrogens is 530 g/mol. The second-order valence-corrected chi connectivity index (χ2v) is 11.3. The van der Waals surface area contributed by atoms with Crippen LogP contribution in [0.25, 0.3) is 22.3 Å². The minimum Gasteiger partial charge on any atom is -0.481 e. The topological polar surface area (TPSA) is 127 Å². The van der Waals surface area contributed by atoms with Gasteiger partial charge in [-0.05, 0) is 51.4 Å². The average molecular weight is 568 g/mol. The van der Waals surface area contributed by atoms with Crippen molar-refractivity contribution < 1.29 is 24.5 Å². The fourth-order valence-electron chi connectivity index (χ4n) is 4.56. The van der Waals surface area contributed by atoms with Gasteiger partial charge in [-0.3, -0.25) is 9.59 Å². The van der Waals surface area contributed by atoms with Gasteiger partial charge in [0.05, 0.1) is 19.1 Å². The Morgan fingerprint density at radius 2 is 1.45 bits per heavy atom. The van der Waals surface area contributed by atoms with Gasteiger partial charge in [0, 0.05) is 18.0 Å². The van der Waals surface area contributed by atoms with Crippen molar-refractivity contribution in [1.29, 1.82) is 0 Å². The van der Waals surface area contributed by atoms with Gasteiger partial charge >= 0.3 is 5.97 Å². The normalized spacial score (nSPS) is 13.4. The monoisotopic (exact) mass is 567 g/mol. The van der Waals surface area contributed by atoms with E-state index < -0.39 is 24.0 Å². The summed E-state index contributed by atoms with van der Waals surface area (Å²) in [5.41, 5.74) is 10.2. The molecule has 0 radical (unpaired) electrons. The summed E-state index contributed by atoms with van der Waals surface area (Å²) in [7, 11) is 0. The van der Waals surface area contributed by atoms with Crippen molar-refractivity contribution in [3.05, 3.63) is 108 Å². The molecular formula is C34H37N3O5. The van der Waals surface area contributed by atoms with Gasteiger partial charge in [-0.15, -0.1) is 0 Å². The number of aliphatic imine (C=N–C) groups is 1. The summed E-state index contributed by atoms with van der Waals surface area (Å²) in [6, 6.07) is 25.4. The second kappa shape index (κ2) is 13.3. The molecule has 4 N–H and O–H groups in total. The van der Waals surface area contributed by atoms with Crippen LogP contribution in [0.1, 0.15) is 49.2 Å². The van der Waals surface area contributed by atoms with Crippen molar-refractivity contribution in [2.45, 2.75) is 45.9 Å². The number of primary amides is 1. The third kappa shape index (κ3) is 7.73. The van der Waals surface area contributed by atoms with Crippen molar-refractivity contribution in [3.63, 3.8) is 0 Å². The number of carboxylic acid groups (broad SMARTS) is 1. The number of hydrogen-bond donors (Lipinski definition) is 3. The number of aliphatic hydroxyl groups excluding tert-OH is 1. The Hall–Kier alpha value is -4.69. The standard InChI is InChI=1S/C34H37N3O5/c1-34(2,3)30(21-38)36-33(42-22-23-7-5-4-6-8-23)29(19-31(39)40)37-18-17-28(20-37)26-11-9-24(10-12-26)25-13-15-27(16-14-25)32(35)41/h4-18,20,29-30,38H,19,21-22H2,1-3H3,(H2,35,41)(H,39,40)/t29-,30-/m1/s1. The number of hydrogen-bond acceptors (Lipinski definition) is 5. The number of amides is 1. The lowest BCUT2D eigenvalue weighted by molar-refractivity contribution is -0.137. The number of carbonyl (C=O) groups excluding carboxylic acids is 1. The van der Waals surface area contributed by atoms with Crippen LogP contribution >= 0.6 is 0 Å². The maximum absolute atomic E-state index is 12.0. The van der Waals surface area contributed by atoms with Crippen molar-refractivity contribution in [2.75, 3.05) is 6.61 Å². The molecule has 0 aliphatic carbocycles. The van der Waals surface area contributed by atoms with Crippen LogP contribution in [0.5, 0.6) is 0 Å². The molecule has 0 bridgehead atoms. The quantitative estimate of drug-likeness (QED) is 0.152. The van der Waals surface area contributed by atoms with E-state index in [9.17, 15) is 19.8 Å². The van der Waals surface area contributed by atoms with Crippen LogP contribution in [0.15, 0.2) is 102 Å². The van der Waals surface area contributed by atoms with E-state index in [-0.39, 0.29) is 30.9 Å². The van der Waals surface area contributed by atoms with E-state index >= 15 is 0 Å². The SMILES string of the molecule is CC(C)(C)[C@@H](CO)N=C(OCc1ccccc1)[C@@H](CC(=O)O)n1ccc(-c2ccc(-c3ccc(C(N)=O)cc3)cc2)c1. The zero-order valence-electron chi connectivity index (χ0n) is 24.1. The Bertz CT molecular complexity index is 1520. The second-order valence-electron chi connectivity index (χ2n) is 11.3. The number of aliphatic carboxylic acids is 1. The molecule has 42 heavy (non-hydrogen) atoms. The first-order valence-corrected chi connectivity index (χ1v) is 13.8. The zero-order valence-corrected chi connectivity index (χ0v) is 24.1. The Labute approximate surface area is 246 Å². The van der Waals surface area contributed by atoms with E-state index in [1.54, 1.807) is 16.7 Å². The Kier molecular flexibility index (Phi) is 9.60. The van der Waals surface area contributed by atoms with Crippen LogP contribution in [-0.2, 0) is 16.1 Å². The molecule has 0 saturated heterocycles. The molecule has 8 heteroatoms. The molecule has 0 unspecified atom stereocenters. The molecule has 0 aliphatic heterocycles. The largest absolute Gasteiger partial charge is 0.481 e. The Balaban J connectivity index is 1.64. The lowest BCUT2D eigenvalue weighted by Gasteiger charge is -2.28. The molecule has 0 saturated carbocycles. The number of carboxylic acids is 1. The molecule has 3 aromatic carbocycles. The van der Waals surface area contributed by atoms with Crippen LogP contribution in [-0.4, -0.2) is 45.2 Å². The molecule has 1 amide bonds. The van der Waals surface area contributed by atoms with Gasteiger partial charge in [0.2, 0.25) is 11.8 Å². The van der Waals surface area contributed by atoms with E-state index in [0.29, 0.717) is 5.56 Å². The fourth-order valence-corrected chi connectivity index (χ4v) is 4.56. The van der Waals surface area contributed by atoms with Gasteiger partial charge < -0.3 is 25.3 Å². The minimum atomic E-state index is -0.991. The van der Waals surface area contributed by atoms with Gasteiger partial charge in [0.25, 0.3) is 0 Å². The van der Waals surface area contributed by atoms with Crippen LogP contribution < -0.4 is 5.73 Å². The van der Waals surface area contributed by atoms with Crippen LogP contribution in [0, 0.1) is 5.41 Å². The number of nitrogens with zero attached hydrogens (tertiary/aromatic N) is 2. The highest BCUT2D eigenvalue weighted by Crippen LogP contribution is 2.29. The van der Waals surface area contributed by atoms with Crippen LogP contribution in [0.4, 0.5) is 0 Å². The number of aromatic nitrogens is 1. The number of aliphatic hydroxyl groups is 1. The highest BCUT2D eigenvalue weighted by Gasteiger charge is 2.29. The first kappa shape index (κ1) is 30.3. The van der Waals surface area contributed by atoms with Crippen molar-refractivity contribution >= 4 is 17.8 Å². The van der Waals surface area contributed by atoms with Gasteiger partial charge in [-0.25, -0.2) is 4.99 Å². The first-order chi connectivity index (χ1) is 20.0. The van der Waals surface area contributed by atoms with Gasteiger partial charge in [-0.1, -0.05) is 87.5 Å². The molecule has 218 valence electrons. The summed E-state index contributed by atoms with van der Waals surface area (Å²) in [6.07, 6.45) is 3.47. The van der Waals surface area contributed by atoms with E-state index in [1.807, 2.05) is 106 Å². The maximum atomic E-state index is 12.0. The predicted octanol–water partition coefficient (Wildman–Crippen LogP) is 5.96. The number of ether oxygens (including phenoxy) is 1. The number of nitrogens with two attached hydrogens (primary N) is 1.